The Morgan fingerprint density at radius 3 is 3.10 bits per heavy atom. The summed E-state index contributed by atoms with van der Waals surface area (Å²) in [6.07, 6.45) is 0. The van der Waals surface area contributed by atoms with E-state index >= 15 is 0 Å². The van der Waals surface area contributed by atoms with Crippen LogP contribution >= 0.6 is 11.8 Å². The molecule has 0 bridgehead atoms. The Hall–Kier alpha value is -2.14. The minimum absolute atomic E-state index is 0.298. The van der Waals surface area contributed by atoms with Crippen LogP contribution in [0.5, 0.6) is 0 Å². The summed E-state index contributed by atoms with van der Waals surface area (Å²) in [6, 6.07) is 14.4. The lowest BCUT2D eigenvalue weighted by Gasteiger charge is -2.14. The van der Waals surface area contributed by atoms with Gasteiger partial charge in [-0.1, -0.05) is 18.2 Å². The molecule has 0 aliphatic carbocycles. The maximum Gasteiger partial charge on any atom is 0.417 e. The van der Waals surface area contributed by atoms with Gasteiger partial charge < -0.3 is 9.73 Å². The Morgan fingerprint density at radius 1 is 1.25 bits per heavy atom. The topological polar surface area (TPSA) is 58.0 Å². The third kappa shape index (κ3) is 1.91. The van der Waals surface area contributed by atoms with Crippen LogP contribution in [0.3, 0.4) is 0 Å². The van der Waals surface area contributed by atoms with E-state index in [1.165, 1.54) is 10.5 Å². The van der Waals surface area contributed by atoms with E-state index in [2.05, 4.69) is 34.6 Å². The van der Waals surface area contributed by atoms with E-state index in [1.54, 1.807) is 0 Å². The maximum absolute atomic E-state index is 11.2. The number of thioether (sulfide) groups is 1. The summed E-state index contributed by atoms with van der Waals surface area (Å²) in [4.78, 5) is 15.2. The fraction of sp³-hybridized carbons (Fsp3) is 0.133. The first-order valence-corrected chi connectivity index (χ1v) is 7.39. The molecule has 5 heteroatoms. The van der Waals surface area contributed by atoms with E-state index in [0.717, 1.165) is 17.0 Å². The van der Waals surface area contributed by atoms with Crippen molar-refractivity contribution in [2.24, 2.45) is 0 Å². The van der Waals surface area contributed by atoms with E-state index in [9.17, 15) is 4.79 Å². The molecule has 0 fully saturated rings. The molecular weight excluding hydrogens is 272 g/mol. The van der Waals surface area contributed by atoms with E-state index in [1.807, 2.05) is 30.0 Å². The van der Waals surface area contributed by atoms with Crippen molar-refractivity contribution in [1.82, 2.24) is 4.98 Å². The first kappa shape index (κ1) is 11.7. The predicted octanol–water partition coefficient (Wildman–Crippen LogP) is 3.38. The lowest BCUT2D eigenvalue weighted by Crippen LogP contribution is -2.09. The normalized spacial score (nSPS) is 17.3. The van der Waals surface area contributed by atoms with Crippen molar-refractivity contribution < 1.29 is 4.42 Å². The Morgan fingerprint density at radius 2 is 2.15 bits per heavy atom. The van der Waals surface area contributed by atoms with Crippen molar-refractivity contribution >= 4 is 28.5 Å². The smallest absolute Gasteiger partial charge is 0.408 e. The molecule has 100 valence electrons. The number of hydrogen-bond acceptors (Lipinski definition) is 4. The first-order valence-electron chi connectivity index (χ1n) is 6.41. The van der Waals surface area contributed by atoms with Crippen LogP contribution in [0.15, 0.2) is 56.6 Å². The van der Waals surface area contributed by atoms with Crippen LogP contribution in [0.25, 0.3) is 11.1 Å². The summed E-state index contributed by atoms with van der Waals surface area (Å²) in [6.45, 7) is 0. The van der Waals surface area contributed by atoms with Crippen molar-refractivity contribution in [3.63, 3.8) is 0 Å². The number of benzene rings is 2. The van der Waals surface area contributed by atoms with Crippen LogP contribution < -0.4 is 11.1 Å². The van der Waals surface area contributed by atoms with Gasteiger partial charge in [-0.15, -0.1) is 11.8 Å². The molecule has 2 aromatic carbocycles. The molecule has 3 aromatic rings. The standard InChI is InChI=1S/C15H12N2O2S/c18-15-17-11-7-9(5-6-13(11)19-15)16-12-8-20-14-4-2-1-3-10(12)14/h1-7,12,16H,8H2,(H,17,18). The van der Waals surface area contributed by atoms with Crippen LogP contribution in [-0.4, -0.2) is 10.7 Å². The summed E-state index contributed by atoms with van der Waals surface area (Å²) in [5, 5.41) is 3.51. The van der Waals surface area contributed by atoms with Crippen molar-refractivity contribution in [3.05, 3.63) is 58.6 Å². The third-order valence-electron chi connectivity index (χ3n) is 3.46. The quantitative estimate of drug-likeness (QED) is 0.757. The van der Waals surface area contributed by atoms with Crippen LogP contribution in [0, 0.1) is 0 Å². The fourth-order valence-electron chi connectivity index (χ4n) is 2.53. The monoisotopic (exact) mass is 284 g/mol. The molecule has 4 rings (SSSR count). The Labute approximate surface area is 119 Å². The second-order valence-electron chi connectivity index (χ2n) is 4.77. The summed E-state index contributed by atoms with van der Waals surface area (Å²) in [5.74, 6) is 0.596. The number of fused-ring (bicyclic) bond motifs is 2. The Kier molecular flexibility index (Phi) is 2.60. The molecule has 1 aliphatic rings. The zero-order valence-electron chi connectivity index (χ0n) is 10.6. The van der Waals surface area contributed by atoms with Gasteiger partial charge in [0.05, 0.1) is 11.6 Å². The molecule has 0 radical (unpaired) electrons. The van der Waals surface area contributed by atoms with Crippen molar-refractivity contribution in [2.75, 3.05) is 11.1 Å². The SMILES string of the molecule is O=c1[nH]c2cc(NC3CSc4ccccc43)ccc2o1. The van der Waals surface area contributed by atoms with Crippen molar-refractivity contribution in [2.45, 2.75) is 10.9 Å². The van der Waals surface area contributed by atoms with Gasteiger partial charge in [0, 0.05) is 16.3 Å². The lowest BCUT2D eigenvalue weighted by atomic mass is 10.1. The van der Waals surface area contributed by atoms with Gasteiger partial charge in [-0.05, 0) is 29.8 Å². The van der Waals surface area contributed by atoms with E-state index in [0.29, 0.717) is 11.6 Å². The van der Waals surface area contributed by atoms with Gasteiger partial charge in [0.1, 0.15) is 0 Å². The van der Waals surface area contributed by atoms with Crippen molar-refractivity contribution in [3.8, 4) is 0 Å². The Balaban J connectivity index is 1.66. The summed E-state index contributed by atoms with van der Waals surface area (Å²) >= 11 is 1.86. The van der Waals surface area contributed by atoms with E-state index < -0.39 is 5.76 Å². The predicted molar refractivity (Wildman–Crippen MR) is 80.4 cm³/mol. The van der Waals surface area contributed by atoms with Gasteiger partial charge >= 0.3 is 5.76 Å². The highest BCUT2D eigenvalue weighted by Crippen LogP contribution is 2.39. The molecule has 2 N–H and O–H groups in total. The van der Waals surface area contributed by atoms with Crippen molar-refractivity contribution in [1.29, 1.82) is 0 Å². The zero-order valence-corrected chi connectivity index (χ0v) is 11.4. The molecule has 2 heterocycles. The van der Waals surface area contributed by atoms with Crippen LogP contribution in [0.4, 0.5) is 5.69 Å². The van der Waals surface area contributed by atoms with Gasteiger partial charge in [0.25, 0.3) is 0 Å². The summed E-state index contributed by atoms with van der Waals surface area (Å²) < 4.78 is 5.01. The molecule has 20 heavy (non-hydrogen) atoms. The number of H-pyrrole nitrogens is 1. The molecule has 0 amide bonds. The summed E-state index contributed by atoms with van der Waals surface area (Å²) in [7, 11) is 0. The van der Waals surface area contributed by atoms with E-state index in [4.69, 9.17) is 4.42 Å². The average Bonchev–Trinajstić information content (AvgIpc) is 3.02. The van der Waals surface area contributed by atoms with E-state index in [-0.39, 0.29) is 0 Å². The maximum atomic E-state index is 11.2. The van der Waals surface area contributed by atoms with Gasteiger partial charge in [0.2, 0.25) is 0 Å². The molecule has 1 aromatic heterocycles. The molecule has 1 aliphatic heterocycles. The number of aromatic amines is 1. The number of aromatic nitrogens is 1. The van der Waals surface area contributed by atoms with Gasteiger partial charge in [-0.3, -0.25) is 4.98 Å². The number of oxazole rings is 1. The first-order chi connectivity index (χ1) is 9.79. The number of anilines is 1. The van der Waals surface area contributed by atoms with Gasteiger partial charge in [-0.25, -0.2) is 4.79 Å². The molecule has 4 nitrogen and oxygen atoms in total. The Bertz CT molecular complexity index is 837. The van der Waals surface area contributed by atoms with Crippen LogP contribution in [0.1, 0.15) is 11.6 Å². The highest BCUT2D eigenvalue weighted by molar-refractivity contribution is 7.99. The second-order valence-corrected chi connectivity index (χ2v) is 5.83. The lowest BCUT2D eigenvalue weighted by molar-refractivity contribution is 0.555. The minimum atomic E-state index is -0.418. The largest absolute Gasteiger partial charge is 0.417 e. The van der Waals surface area contributed by atoms with Crippen LogP contribution in [-0.2, 0) is 0 Å². The van der Waals surface area contributed by atoms with Gasteiger partial charge in [0.15, 0.2) is 5.58 Å². The average molecular weight is 284 g/mol. The van der Waals surface area contributed by atoms with Gasteiger partial charge in [-0.2, -0.15) is 0 Å². The number of rotatable bonds is 2. The highest BCUT2D eigenvalue weighted by atomic mass is 32.2. The number of nitrogens with one attached hydrogen (secondary N) is 2. The summed E-state index contributed by atoms with van der Waals surface area (Å²) in [5.41, 5.74) is 3.62. The molecule has 0 spiro atoms. The second kappa shape index (κ2) is 4.45. The zero-order chi connectivity index (χ0) is 13.5. The van der Waals surface area contributed by atoms with Crippen LogP contribution in [0.2, 0.25) is 0 Å². The molecule has 1 atom stereocenters. The molecule has 1 unspecified atom stereocenters. The third-order valence-corrected chi connectivity index (χ3v) is 4.64. The minimum Gasteiger partial charge on any atom is -0.408 e. The molecule has 0 saturated carbocycles. The molecule has 0 saturated heterocycles. The highest BCUT2D eigenvalue weighted by Gasteiger charge is 2.22. The fourth-order valence-corrected chi connectivity index (χ4v) is 3.69. The molecular formula is C15H12N2O2S. The number of hydrogen-bond donors (Lipinski definition) is 2.